The molecule has 1 aliphatic heterocycles. The van der Waals surface area contributed by atoms with Gasteiger partial charge in [0.05, 0.1) is 11.1 Å². The van der Waals surface area contributed by atoms with Crippen LogP contribution in [0.2, 0.25) is 0 Å². The number of allylic oxidation sites excluding steroid dienone is 4. The van der Waals surface area contributed by atoms with Crippen LogP contribution >= 0.6 is 0 Å². The molecule has 0 amide bonds. The van der Waals surface area contributed by atoms with E-state index < -0.39 is 11.6 Å². The molecule has 120 valence electrons. The molecule has 4 heteroatoms. The van der Waals surface area contributed by atoms with Gasteiger partial charge in [0.15, 0.2) is 5.78 Å². The van der Waals surface area contributed by atoms with Crippen molar-refractivity contribution in [3.63, 3.8) is 0 Å². The van der Waals surface area contributed by atoms with Crippen LogP contribution in [0.4, 0.5) is 4.39 Å². The molecule has 0 spiro atoms. The summed E-state index contributed by atoms with van der Waals surface area (Å²) in [4.78, 5) is 16.9. The molecule has 0 fully saturated rings. The molecular formula is C19H20FNO2. The molecule has 0 N–H and O–H groups in total. The molecule has 0 aliphatic carbocycles. The number of aryl methyl sites for hydroxylation is 1. The Morgan fingerprint density at radius 2 is 2.13 bits per heavy atom. The average molecular weight is 313 g/mol. The van der Waals surface area contributed by atoms with Gasteiger partial charge in [0.2, 0.25) is 5.90 Å². The van der Waals surface area contributed by atoms with Gasteiger partial charge < -0.3 is 4.74 Å². The van der Waals surface area contributed by atoms with Gasteiger partial charge in [-0.05, 0) is 44.5 Å². The van der Waals surface area contributed by atoms with E-state index in [2.05, 4.69) is 18.2 Å². The average Bonchev–Trinajstić information content (AvgIpc) is 2.83. The van der Waals surface area contributed by atoms with E-state index >= 15 is 0 Å². The van der Waals surface area contributed by atoms with Crippen LogP contribution in [0.5, 0.6) is 0 Å². The normalized spacial score (nSPS) is 16.5. The van der Waals surface area contributed by atoms with Crippen molar-refractivity contribution in [3.8, 4) is 0 Å². The van der Waals surface area contributed by atoms with Gasteiger partial charge in [-0.3, -0.25) is 4.79 Å². The number of aliphatic imine (C=N–C) groups is 1. The zero-order valence-electron chi connectivity index (χ0n) is 13.6. The van der Waals surface area contributed by atoms with Crippen LogP contribution in [-0.4, -0.2) is 23.8 Å². The van der Waals surface area contributed by atoms with E-state index in [0.717, 1.165) is 11.1 Å². The van der Waals surface area contributed by atoms with E-state index in [1.54, 1.807) is 18.2 Å². The van der Waals surface area contributed by atoms with E-state index in [4.69, 9.17) is 4.74 Å². The molecule has 0 bridgehead atoms. The van der Waals surface area contributed by atoms with Crippen molar-refractivity contribution in [2.45, 2.75) is 26.3 Å². The van der Waals surface area contributed by atoms with E-state index in [1.165, 1.54) is 12.2 Å². The highest BCUT2D eigenvalue weighted by molar-refractivity contribution is 6.12. The lowest BCUT2D eigenvalue weighted by molar-refractivity contribution is 0.103. The van der Waals surface area contributed by atoms with Crippen LogP contribution in [0, 0.1) is 6.92 Å². The minimum Gasteiger partial charge on any atom is -0.475 e. The first-order valence-corrected chi connectivity index (χ1v) is 7.31. The minimum atomic E-state index is -0.776. The molecule has 0 radical (unpaired) electrons. The van der Waals surface area contributed by atoms with Crippen LogP contribution in [0.25, 0.3) is 0 Å². The summed E-state index contributed by atoms with van der Waals surface area (Å²) in [5.74, 6) is -0.633. The van der Waals surface area contributed by atoms with Crippen molar-refractivity contribution >= 4 is 11.7 Å². The summed E-state index contributed by atoms with van der Waals surface area (Å²) in [5.41, 5.74) is 1.72. The number of ether oxygens (including phenoxy) is 1. The number of hydrogen-bond donors (Lipinski definition) is 0. The fraction of sp³-hybridized carbons (Fsp3) is 0.263. The van der Waals surface area contributed by atoms with Crippen molar-refractivity contribution < 1.29 is 13.9 Å². The summed E-state index contributed by atoms with van der Waals surface area (Å²) in [6.45, 7) is 13.1. The fourth-order valence-corrected chi connectivity index (χ4v) is 2.33. The van der Waals surface area contributed by atoms with E-state index in [0.29, 0.717) is 18.1 Å². The standard InChI is InChI=1S/C19H20FNO2/c1-6-7-16(13(3)20)17(22)14-8-9-15(12(2)10-14)18-21-19(4,5)11-23-18/h6-10H,1,3,11H2,2,4-5H3/b16-7+. The van der Waals surface area contributed by atoms with Crippen LogP contribution in [-0.2, 0) is 4.74 Å². The van der Waals surface area contributed by atoms with E-state index in [9.17, 15) is 9.18 Å². The SMILES string of the molecule is C=C/C=C(\C(=C)F)C(=O)c1ccc(C2=NC(C)(C)CO2)c(C)c1. The summed E-state index contributed by atoms with van der Waals surface area (Å²) in [6, 6.07) is 5.12. The number of halogens is 1. The Morgan fingerprint density at radius 3 is 2.61 bits per heavy atom. The molecule has 1 heterocycles. The predicted octanol–water partition coefficient (Wildman–Crippen LogP) is 4.33. The van der Waals surface area contributed by atoms with Crippen LogP contribution in [0.1, 0.15) is 35.3 Å². The second kappa shape index (κ2) is 6.32. The highest BCUT2D eigenvalue weighted by Gasteiger charge is 2.28. The molecule has 1 aromatic rings. The zero-order valence-corrected chi connectivity index (χ0v) is 13.6. The number of rotatable bonds is 5. The van der Waals surface area contributed by atoms with Crippen molar-refractivity contribution in [3.05, 3.63) is 71.6 Å². The second-order valence-electron chi connectivity index (χ2n) is 6.10. The third-order valence-corrected chi connectivity index (χ3v) is 3.51. The van der Waals surface area contributed by atoms with Crippen molar-refractivity contribution in [1.82, 2.24) is 0 Å². The van der Waals surface area contributed by atoms with Gasteiger partial charge in [-0.2, -0.15) is 0 Å². The number of carbonyl (C=O) groups excluding carboxylic acids is 1. The molecule has 0 unspecified atom stereocenters. The summed E-state index contributed by atoms with van der Waals surface area (Å²) < 4.78 is 19.1. The van der Waals surface area contributed by atoms with Crippen molar-refractivity contribution in [2.24, 2.45) is 4.99 Å². The summed E-state index contributed by atoms with van der Waals surface area (Å²) in [5, 5.41) is 0. The van der Waals surface area contributed by atoms with E-state index in [-0.39, 0.29) is 11.1 Å². The molecule has 2 rings (SSSR count). The number of ketones is 1. The molecule has 1 aromatic carbocycles. The quantitative estimate of drug-likeness (QED) is 0.461. The lowest BCUT2D eigenvalue weighted by atomic mass is 9.98. The van der Waals surface area contributed by atoms with E-state index in [1.807, 2.05) is 20.8 Å². The van der Waals surface area contributed by atoms with Crippen LogP contribution in [0.15, 0.2) is 59.9 Å². The monoisotopic (exact) mass is 313 g/mol. The Bertz CT molecular complexity index is 742. The largest absolute Gasteiger partial charge is 0.475 e. The number of carbonyl (C=O) groups is 1. The Hall–Kier alpha value is -2.49. The van der Waals surface area contributed by atoms with Gasteiger partial charge in [0.25, 0.3) is 0 Å². The molecular weight excluding hydrogens is 293 g/mol. The Balaban J connectivity index is 2.37. The topological polar surface area (TPSA) is 38.7 Å². The fourth-order valence-electron chi connectivity index (χ4n) is 2.33. The number of nitrogens with zero attached hydrogens (tertiary/aromatic N) is 1. The lowest BCUT2D eigenvalue weighted by Crippen LogP contribution is -2.17. The maximum Gasteiger partial charge on any atom is 0.217 e. The lowest BCUT2D eigenvalue weighted by Gasteiger charge is -2.09. The first-order valence-electron chi connectivity index (χ1n) is 7.31. The Morgan fingerprint density at radius 1 is 1.43 bits per heavy atom. The molecule has 0 saturated carbocycles. The zero-order chi connectivity index (χ0) is 17.2. The molecule has 0 saturated heterocycles. The van der Waals surface area contributed by atoms with Crippen LogP contribution in [0.3, 0.4) is 0 Å². The minimum absolute atomic E-state index is 0.0947. The third-order valence-electron chi connectivity index (χ3n) is 3.51. The first-order chi connectivity index (χ1) is 10.7. The molecule has 3 nitrogen and oxygen atoms in total. The summed E-state index contributed by atoms with van der Waals surface area (Å²) >= 11 is 0. The number of Topliss-reactive ketones (excluding diaryl/α,β-unsaturated/α-hetero) is 1. The molecule has 0 aromatic heterocycles. The maximum absolute atomic E-state index is 13.4. The summed E-state index contributed by atoms with van der Waals surface area (Å²) in [6.07, 6.45) is 2.68. The number of hydrogen-bond acceptors (Lipinski definition) is 3. The van der Waals surface area contributed by atoms with Crippen molar-refractivity contribution in [1.29, 1.82) is 0 Å². The third kappa shape index (κ3) is 3.65. The van der Waals surface area contributed by atoms with Gasteiger partial charge in [-0.15, -0.1) is 0 Å². The highest BCUT2D eigenvalue weighted by Crippen LogP contribution is 2.24. The van der Waals surface area contributed by atoms with Gasteiger partial charge in [0.1, 0.15) is 12.4 Å². The predicted molar refractivity (Wildman–Crippen MR) is 90.6 cm³/mol. The molecule has 23 heavy (non-hydrogen) atoms. The maximum atomic E-state index is 13.4. The summed E-state index contributed by atoms with van der Waals surface area (Å²) in [7, 11) is 0. The molecule has 1 aliphatic rings. The van der Waals surface area contributed by atoms with Gasteiger partial charge in [-0.25, -0.2) is 9.38 Å². The Kier molecular flexibility index (Phi) is 4.64. The molecule has 0 atom stereocenters. The van der Waals surface area contributed by atoms with Gasteiger partial charge in [-0.1, -0.05) is 25.3 Å². The van der Waals surface area contributed by atoms with Crippen molar-refractivity contribution in [2.75, 3.05) is 6.61 Å². The highest BCUT2D eigenvalue weighted by atomic mass is 19.1. The first kappa shape index (κ1) is 16.9. The Labute approximate surface area is 135 Å². The smallest absolute Gasteiger partial charge is 0.217 e. The second-order valence-corrected chi connectivity index (χ2v) is 6.10. The van der Waals surface area contributed by atoms with Gasteiger partial charge in [0, 0.05) is 11.1 Å². The number of benzene rings is 1. The van der Waals surface area contributed by atoms with Gasteiger partial charge >= 0.3 is 0 Å². The van der Waals surface area contributed by atoms with Crippen LogP contribution < -0.4 is 0 Å².